The SMILES string of the molecule is COC(=O)[C@H](Cc1ccccc1[N+](=O)[O-])NC(=O)CCCCCNC(=O)OCc1ccccc1. The van der Waals surface area contributed by atoms with Gasteiger partial charge in [-0.1, -0.05) is 55.0 Å². The lowest BCUT2D eigenvalue weighted by Crippen LogP contribution is -2.43. The highest BCUT2D eigenvalue weighted by molar-refractivity contribution is 5.84. The van der Waals surface area contributed by atoms with Gasteiger partial charge in [-0.3, -0.25) is 14.9 Å². The Hall–Kier alpha value is -3.95. The number of rotatable bonds is 13. The first-order valence-electron chi connectivity index (χ1n) is 10.9. The van der Waals surface area contributed by atoms with E-state index in [-0.39, 0.29) is 31.0 Å². The topological polar surface area (TPSA) is 137 Å². The van der Waals surface area contributed by atoms with Gasteiger partial charge in [0.2, 0.25) is 5.91 Å². The van der Waals surface area contributed by atoms with Crippen molar-refractivity contribution in [1.29, 1.82) is 0 Å². The molecule has 10 heteroatoms. The number of methoxy groups -OCH3 is 1. The summed E-state index contributed by atoms with van der Waals surface area (Å²) in [5.74, 6) is -1.03. The number of nitro benzene ring substituents is 1. The predicted octanol–water partition coefficient (Wildman–Crippen LogP) is 3.28. The first kappa shape index (κ1) is 26.3. The predicted molar refractivity (Wildman–Crippen MR) is 124 cm³/mol. The van der Waals surface area contributed by atoms with Gasteiger partial charge in [0.15, 0.2) is 0 Å². The van der Waals surface area contributed by atoms with Crippen LogP contribution in [0.3, 0.4) is 0 Å². The van der Waals surface area contributed by atoms with E-state index in [0.717, 1.165) is 5.56 Å². The molecule has 0 bridgehead atoms. The first-order chi connectivity index (χ1) is 16.4. The highest BCUT2D eigenvalue weighted by Crippen LogP contribution is 2.19. The van der Waals surface area contributed by atoms with Crippen LogP contribution >= 0.6 is 0 Å². The number of carbonyl (C=O) groups excluding carboxylic acids is 3. The van der Waals surface area contributed by atoms with Gasteiger partial charge in [-0.05, 0) is 18.4 Å². The molecule has 2 rings (SSSR count). The minimum absolute atomic E-state index is 0.0510. The molecule has 0 aromatic heterocycles. The van der Waals surface area contributed by atoms with E-state index in [1.54, 1.807) is 6.07 Å². The Morgan fingerprint density at radius 1 is 1.00 bits per heavy atom. The molecule has 0 aliphatic rings. The number of ether oxygens (including phenoxy) is 2. The fraction of sp³-hybridized carbons (Fsp3) is 0.375. The van der Waals surface area contributed by atoms with Crippen molar-refractivity contribution in [3.63, 3.8) is 0 Å². The van der Waals surface area contributed by atoms with E-state index >= 15 is 0 Å². The summed E-state index contributed by atoms with van der Waals surface area (Å²) in [6.07, 6.45) is 1.50. The number of nitrogens with zero attached hydrogens (tertiary/aromatic N) is 1. The minimum atomic E-state index is -1.03. The van der Waals surface area contributed by atoms with Gasteiger partial charge in [0.25, 0.3) is 5.69 Å². The van der Waals surface area contributed by atoms with Crippen LogP contribution in [-0.2, 0) is 32.1 Å². The second-order valence-electron chi connectivity index (χ2n) is 7.53. The lowest BCUT2D eigenvalue weighted by Gasteiger charge is -2.16. The van der Waals surface area contributed by atoms with Crippen LogP contribution in [0.25, 0.3) is 0 Å². The number of para-hydroxylation sites is 1. The summed E-state index contributed by atoms with van der Waals surface area (Å²) in [5, 5.41) is 16.5. The molecule has 0 spiro atoms. The van der Waals surface area contributed by atoms with Crippen LogP contribution in [0.5, 0.6) is 0 Å². The fourth-order valence-electron chi connectivity index (χ4n) is 3.24. The molecular formula is C24H29N3O7. The summed E-state index contributed by atoms with van der Waals surface area (Å²) < 4.78 is 9.86. The van der Waals surface area contributed by atoms with E-state index in [1.165, 1.54) is 25.3 Å². The third-order valence-corrected chi connectivity index (χ3v) is 5.00. The zero-order valence-electron chi connectivity index (χ0n) is 19.0. The van der Waals surface area contributed by atoms with Gasteiger partial charge in [-0.2, -0.15) is 0 Å². The van der Waals surface area contributed by atoms with E-state index in [1.807, 2.05) is 30.3 Å². The average molecular weight is 472 g/mol. The molecule has 10 nitrogen and oxygen atoms in total. The molecule has 2 amide bonds. The molecule has 2 N–H and O–H groups in total. The van der Waals surface area contributed by atoms with Crippen molar-refractivity contribution in [2.75, 3.05) is 13.7 Å². The quantitative estimate of drug-likeness (QED) is 0.198. The summed E-state index contributed by atoms with van der Waals surface area (Å²) in [7, 11) is 1.19. The molecular weight excluding hydrogens is 442 g/mol. The summed E-state index contributed by atoms with van der Waals surface area (Å²) in [5.41, 5.74) is 1.10. The van der Waals surface area contributed by atoms with Gasteiger partial charge >= 0.3 is 12.1 Å². The number of hydrogen-bond donors (Lipinski definition) is 2. The van der Waals surface area contributed by atoms with Crippen molar-refractivity contribution < 1.29 is 28.8 Å². The Morgan fingerprint density at radius 3 is 2.41 bits per heavy atom. The van der Waals surface area contributed by atoms with Gasteiger partial charge in [-0.15, -0.1) is 0 Å². The molecule has 0 fully saturated rings. The number of unbranched alkanes of at least 4 members (excludes halogenated alkanes) is 2. The van der Waals surface area contributed by atoms with Crippen molar-refractivity contribution in [3.8, 4) is 0 Å². The number of hydrogen-bond acceptors (Lipinski definition) is 7. The Morgan fingerprint density at radius 2 is 1.71 bits per heavy atom. The maximum Gasteiger partial charge on any atom is 0.407 e. The maximum atomic E-state index is 12.3. The number of amides is 2. The standard InChI is InChI=1S/C24H29N3O7/c1-33-23(29)20(16-19-12-7-8-13-21(19)27(31)32)26-22(28)14-6-3-9-15-25-24(30)34-17-18-10-4-2-5-11-18/h2,4-5,7-8,10-13,20H,3,6,9,14-17H2,1H3,(H,25,30)(H,26,28)/t20-/m0/s1. The smallest absolute Gasteiger partial charge is 0.407 e. The molecule has 2 aromatic carbocycles. The van der Waals surface area contributed by atoms with Gasteiger partial charge in [-0.25, -0.2) is 9.59 Å². The van der Waals surface area contributed by atoms with Crippen LogP contribution in [0.15, 0.2) is 54.6 Å². The average Bonchev–Trinajstić information content (AvgIpc) is 2.84. The molecule has 0 aliphatic carbocycles. The monoisotopic (exact) mass is 471 g/mol. The van der Waals surface area contributed by atoms with Crippen LogP contribution < -0.4 is 10.6 Å². The van der Waals surface area contributed by atoms with E-state index in [2.05, 4.69) is 10.6 Å². The Balaban J connectivity index is 1.68. The van der Waals surface area contributed by atoms with Crippen molar-refractivity contribution in [1.82, 2.24) is 10.6 Å². The normalized spacial score (nSPS) is 11.2. The number of esters is 1. The summed E-state index contributed by atoms with van der Waals surface area (Å²) in [6.45, 7) is 0.609. The van der Waals surface area contributed by atoms with Gasteiger partial charge in [0.1, 0.15) is 12.6 Å². The highest BCUT2D eigenvalue weighted by Gasteiger charge is 2.25. The number of carbonyl (C=O) groups is 3. The largest absolute Gasteiger partial charge is 0.467 e. The van der Waals surface area contributed by atoms with Crippen LogP contribution in [0.2, 0.25) is 0 Å². The number of nitrogens with one attached hydrogen (secondary N) is 2. The van der Waals surface area contributed by atoms with Crippen LogP contribution in [0.1, 0.15) is 36.8 Å². The van der Waals surface area contributed by atoms with Crippen molar-refractivity contribution >= 4 is 23.7 Å². The molecule has 0 radical (unpaired) electrons. The van der Waals surface area contributed by atoms with E-state index in [4.69, 9.17) is 9.47 Å². The van der Waals surface area contributed by atoms with Crippen LogP contribution in [0, 0.1) is 10.1 Å². The number of alkyl carbamates (subject to hydrolysis) is 1. The van der Waals surface area contributed by atoms with E-state index < -0.39 is 23.0 Å². The first-order valence-corrected chi connectivity index (χ1v) is 10.9. The third-order valence-electron chi connectivity index (χ3n) is 5.00. The van der Waals surface area contributed by atoms with Crippen molar-refractivity contribution in [2.24, 2.45) is 0 Å². The molecule has 0 unspecified atom stereocenters. The number of benzene rings is 2. The number of nitro groups is 1. The van der Waals surface area contributed by atoms with Gasteiger partial charge < -0.3 is 20.1 Å². The van der Waals surface area contributed by atoms with Gasteiger partial charge in [0, 0.05) is 31.0 Å². The molecule has 0 aliphatic heterocycles. The molecule has 2 aromatic rings. The molecule has 182 valence electrons. The van der Waals surface area contributed by atoms with Gasteiger partial charge in [0.05, 0.1) is 12.0 Å². The lowest BCUT2D eigenvalue weighted by molar-refractivity contribution is -0.385. The molecule has 0 saturated carbocycles. The minimum Gasteiger partial charge on any atom is -0.467 e. The Bertz CT molecular complexity index is 966. The molecule has 0 heterocycles. The maximum absolute atomic E-state index is 12.3. The second-order valence-corrected chi connectivity index (χ2v) is 7.53. The highest BCUT2D eigenvalue weighted by atomic mass is 16.6. The summed E-state index contributed by atoms with van der Waals surface area (Å²) in [6, 6.07) is 14.4. The lowest BCUT2D eigenvalue weighted by atomic mass is 10.0. The molecule has 34 heavy (non-hydrogen) atoms. The summed E-state index contributed by atoms with van der Waals surface area (Å²) in [4.78, 5) is 46.8. The van der Waals surface area contributed by atoms with Crippen molar-refractivity contribution in [3.05, 3.63) is 75.8 Å². The zero-order chi connectivity index (χ0) is 24.8. The van der Waals surface area contributed by atoms with Crippen LogP contribution in [0.4, 0.5) is 10.5 Å². The van der Waals surface area contributed by atoms with Crippen LogP contribution in [-0.4, -0.2) is 42.6 Å². The summed E-state index contributed by atoms with van der Waals surface area (Å²) >= 11 is 0. The third kappa shape index (κ3) is 9.27. The molecule has 1 atom stereocenters. The second kappa shape index (κ2) is 14.2. The van der Waals surface area contributed by atoms with Crippen molar-refractivity contribution in [2.45, 2.75) is 44.8 Å². The molecule has 0 saturated heterocycles. The Labute approximate surface area is 197 Å². The fourth-order valence-corrected chi connectivity index (χ4v) is 3.24. The Kier molecular flexibility index (Phi) is 11.0. The van der Waals surface area contributed by atoms with E-state index in [9.17, 15) is 24.5 Å². The zero-order valence-corrected chi connectivity index (χ0v) is 19.0. The van der Waals surface area contributed by atoms with E-state index in [0.29, 0.717) is 31.4 Å².